The van der Waals surface area contributed by atoms with Gasteiger partial charge < -0.3 is 9.84 Å². The van der Waals surface area contributed by atoms with Crippen molar-refractivity contribution < 1.29 is 23.0 Å². The highest BCUT2D eigenvalue weighted by atomic mass is 127. The predicted octanol–water partition coefficient (Wildman–Crippen LogP) is 8.53. The number of ether oxygens (including phenoxy) is 1. The molecule has 1 N–H and O–H groups in total. The Bertz CT molecular complexity index is 1130. The van der Waals surface area contributed by atoms with Crippen LogP contribution in [0.4, 0.5) is 18.9 Å². The molecule has 35 heavy (non-hydrogen) atoms. The maximum atomic E-state index is 14.7. The lowest BCUT2D eigenvalue weighted by Crippen LogP contribution is -2.41. The van der Waals surface area contributed by atoms with Gasteiger partial charge in [0.15, 0.2) is 23.1 Å². The van der Waals surface area contributed by atoms with Gasteiger partial charge in [0.05, 0.1) is 9.67 Å². The second kappa shape index (κ2) is 10.2. The molecule has 190 valence electrons. The third-order valence-corrected chi connectivity index (χ3v) is 7.57. The molecule has 0 spiro atoms. The number of rotatable bonds is 4. The lowest BCUT2D eigenvalue weighted by molar-refractivity contribution is 0.0205. The van der Waals surface area contributed by atoms with Crippen LogP contribution in [0.15, 0.2) is 40.9 Å². The molecule has 3 atom stereocenters. The van der Waals surface area contributed by atoms with E-state index in [0.717, 1.165) is 6.42 Å². The Morgan fingerprint density at radius 2 is 1.66 bits per heavy atom. The molecular weight excluding hydrogens is 566 g/mol. The molecule has 0 aromatic heterocycles. The molecule has 1 aliphatic rings. The van der Waals surface area contributed by atoms with E-state index < -0.39 is 29.3 Å². The Morgan fingerprint density at radius 1 is 1.03 bits per heavy atom. The highest BCUT2D eigenvalue weighted by Crippen LogP contribution is 2.45. The molecule has 0 heterocycles. The van der Waals surface area contributed by atoms with Gasteiger partial charge in [-0.05, 0) is 64.8 Å². The minimum Gasteiger partial charge on any atom is -0.449 e. The van der Waals surface area contributed by atoms with Crippen LogP contribution in [-0.4, -0.2) is 17.4 Å². The first-order valence-electron chi connectivity index (χ1n) is 11.7. The number of allylic oxidation sites excluding steroid dienone is 1. The summed E-state index contributed by atoms with van der Waals surface area (Å²) < 4.78 is 48.6. The summed E-state index contributed by atoms with van der Waals surface area (Å²) in [4.78, 5) is 4.56. The Labute approximate surface area is 219 Å². The molecule has 2 aromatic rings. The fourth-order valence-corrected chi connectivity index (χ4v) is 4.92. The molecular formula is C28H33F3INO2. The van der Waals surface area contributed by atoms with E-state index in [2.05, 4.69) is 52.6 Å². The number of aliphatic imine (C=N–C) groups is 1. The number of aliphatic hydroxyl groups excluding tert-OH is 1. The summed E-state index contributed by atoms with van der Waals surface area (Å²) in [5, 5.41) is 11.2. The van der Waals surface area contributed by atoms with Crippen LogP contribution in [0.1, 0.15) is 53.5 Å². The van der Waals surface area contributed by atoms with Crippen LogP contribution < -0.4 is 4.74 Å². The molecule has 0 bridgehead atoms. The molecule has 3 nitrogen and oxygen atoms in total. The van der Waals surface area contributed by atoms with Gasteiger partial charge in [-0.3, -0.25) is 4.99 Å². The van der Waals surface area contributed by atoms with Crippen LogP contribution >= 0.6 is 22.6 Å². The van der Waals surface area contributed by atoms with Crippen LogP contribution in [-0.2, 0) is 0 Å². The average Bonchev–Trinajstić information content (AvgIpc) is 2.77. The van der Waals surface area contributed by atoms with Crippen molar-refractivity contribution in [3.05, 3.63) is 62.5 Å². The van der Waals surface area contributed by atoms with Crippen molar-refractivity contribution in [1.82, 2.24) is 0 Å². The smallest absolute Gasteiger partial charge is 0.200 e. The number of nitrogens with zero attached hydrogens (tertiary/aromatic N) is 1. The first-order valence-corrected chi connectivity index (χ1v) is 12.7. The fourth-order valence-electron chi connectivity index (χ4n) is 4.27. The molecule has 0 aliphatic heterocycles. The maximum absolute atomic E-state index is 14.7. The summed E-state index contributed by atoms with van der Waals surface area (Å²) in [7, 11) is 0. The number of halogens is 4. The van der Waals surface area contributed by atoms with Gasteiger partial charge in [0, 0.05) is 17.7 Å². The zero-order valence-corrected chi connectivity index (χ0v) is 23.4. The number of hydrogen-bond acceptors (Lipinski definition) is 3. The van der Waals surface area contributed by atoms with Crippen molar-refractivity contribution in [2.75, 3.05) is 0 Å². The Kier molecular flexibility index (Phi) is 8.11. The summed E-state index contributed by atoms with van der Waals surface area (Å²) in [5.74, 6) is -3.97. The topological polar surface area (TPSA) is 41.8 Å². The quantitative estimate of drug-likeness (QED) is 0.126. The molecule has 1 aliphatic carbocycles. The highest BCUT2D eigenvalue weighted by molar-refractivity contribution is 14.1. The second-order valence-corrected chi connectivity index (χ2v) is 12.3. The van der Waals surface area contributed by atoms with Crippen LogP contribution in [0.25, 0.3) is 0 Å². The van der Waals surface area contributed by atoms with E-state index in [1.165, 1.54) is 35.1 Å². The van der Waals surface area contributed by atoms with Crippen molar-refractivity contribution in [2.45, 2.75) is 61.0 Å². The van der Waals surface area contributed by atoms with E-state index >= 15 is 0 Å². The Morgan fingerprint density at radius 3 is 2.26 bits per heavy atom. The van der Waals surface area contributed by atoms with E-state index in [1.807, 2.05) is 0 Å². The van der Waals surface area contributed by atoms with E-state index in [9.17, 15) is 18.3 Å². The van der Waals surface area contributed by atoms with Gasteiger partial charge >= 0.3 is 0 Å². The Balaban J connectivity index is 1.99. The number of aliphatic hydroxyl groups is 1. The van der Waals surface area contributed by atoms with Gasteiger partial charge in [0.2, 0.25) is 0 Å². The van der Waals surface area contributed by atoms with E-state index in [4.69, 9.17) is 4.74 Å². The van der Waals surface area contributed by atoms with E-state index in [0.29, 0.717) is 5.69 Å². The number of benzene rings is 2. The molecule has 0 saturated carbocycles. The summed E-state index contributed by atoms with van der Waals surface area (Å²) in [6, 6.07) is 6.60. The summed E-state index contributed by atoms with van der Waals surface area (Å²) in [6.07, 6.45) is 3.92. The molecule has 2 aromatic carbocycles. The summed E-state index contributed by atoms with van der Waals surface area (Å²) in [5.41, 5.74) is 1.13. The molecule has 0 amide bonds. The number of para-hydroxylation sites is 2. The fraction of sp³-hybridized carbons (Fsp3) is 0.464. The largest absolute Gasteiger partial charge is 0.449 e. The van der Waals surface area contributed by atoms with Gasteiger partial charge in [0.25, 0.3) is 0 Å². The third kappa shape index (κ3) is 5.93. The van der Waals surface area contributed by atoms with Gasteiger partial charge in [-0.1, -0.05) is 65.3 Å². The molecule has 3 rings (SSSR count). The van der Waals surface area contributed by atoms with Crippen molar-refractivity contribution in [1.29, 1.82) is 0 Å². The predicted molar refractivity (Wildman–Crippen MR) is 143 cm³/mol. The van der Waals surface area contributed by atoms with Crippen molar-refractivity contribution >= 4 is 34.5 Å². The zero-order valence-electron chi connectivity index (χ0n) is 21.2. The first-order chi connectivity index (χ1) is 16.1. The number of hydrogen-bond donors (Lipinski definition) is 1. The van der Waals surface area contributed by atoms with Gasteiger partial charge in [-0.2, -0.15) is 0 Å². The average molecular weight is 599 g/mol. The second-order valence-electron chi connectivity index (χ2n) is 11.2. The van der Waals surface area contributed by atoms with Crippen LogP contribution in [0.3, 0.4) is 0 Å². The SMILES string of the molecule is Cc1c(F)c(I)c(F)c(Oc2ccccc2N=CC2C=C(C(C)(C)C)CC(C(C)(C)C)C2O)c1F. The minimum absolute atomic E-state index is 0.0390. The van der Waals surface area contributed by atoms with Crippen LogP contribution in [0.5, 0.6) is 11.5 Å². The molecule has 0 radical (unpaired) electrons. The van der Waals surface area contributed by atoms with Crippen molar-refractivity contribution in [2.24, 2.45) is 27.7 Å². The van der Waals surface area contributed by atoms with Gasteiger partial charge in [-0.15, -0.1) is 0 Å². The lowest BCUT2D eigenvalue weighted by atomic mass is 9.64. The molecule has 7 heteroatoms. The highest BCUT2D eigenvalue weighted by Gasteiger charge is 2.40. The molecule has 0 fully saturated rings. The van der Waals surface area contributed by atoms with Gasteiger partial charge in [-0.25, -0.2) is 13.2 Å². The van der Waals surface area contributed by atoms with Gasteiger partial charge in [0.1, 0.15) is 11.5 Å². The van der Waals surface area contributed by atoms with Crippen molar-refractivity contribution in [3.8, 4) is 11.5 Å². The maximum Gasteiger partial charge on any atom is 0.200 e. The Hall–Kier alpha value is -1.87. The normalized spacial score (nSPS) is 21.4. The molecule has 0 saturated heterocycles. The minimum atomic E-state index is -1.10. The van der Waals surface area contributed by atoms with Crippen molar-refractivity contribution in [3.63, 3.8) is 0 Å². The van der Waals surface area contributed by atoms with E-state index in [-0.39, 0.29) is 37.5 Å². The molecule has 3 unspecified atom stereocenters. The monoisotopic (exact) mass is 599 g/mol. The van der Waals surface area contributed by atoms with E-state index in [1.54, 1.807) is 30.5 Å². The first kappa shape index (κ1) is 27.7. The lowest BCUT2D eigenvalue weighted by Gasteiger charge is -2.43. The third-order valence-electron chi connectivity index (χ3n) is 6.62. The summed E-state index contributed by atoms with van der Waals surface area (Å²) in [6.45, 7) is 14.1. The van der Waals surface area contributed by atoms with Crippen LogP contribution in [0, 0.1) is 50.6 Å². The van der Waals surface area contributed by atoms with Crippen LogP contribution in [0.2, 0.25) is 0 Å². The summed E-state index contributed by atoms with van der Waals surface area (Å²) >= 11 is 1.49. The standard InChI is InChI=1S/C28H33F3INO2/c1-15-21(29)24(32)23(31)26(22(15)30)35-20-11-9-8-10-19(20)33-14-16-12-17(27(2,3)4)13-18(25(16)34)28(5,6)7/h8-12,14,16,18,25,34H,13H2,1-7H3. The zero-order chi connectivity index (χ0) is 26.3.